The van der Waals surface area contributed by atoms with Crippen LogP contribution in [0, 0.1) is 5.92 Å². The molecular weight excluding hydrogens is 274 g/mol. The third-order valence-electron chi connectivity index (χ3n) is 4.45. The van der Waals surface area contributed by atoms with Gasteiger partial charge in [0.1, 0.15) is 0 Å². The second kappa shape index (κ2) is 7.91. The normalized spacial score (nSPS) is 24.6. The maximum absolute atomic E-state index is 12.4. The van der Waals surface area contributed by atoms with Gasteiger partial charge in [0.2, 0.25) is 5.91 Å². The van der Waals surface area contributed by atoms with Crippen molar-refractivity contribution in [1.29, 1.82) is 0 Å². The minimum atomic E-state index is -0.803. The summed E-state index contributed by atoms with van der Waals surface area (Å²) in [6, 6.07) is -0.106. The molecule has 5 heteroatoms. The van der Waals surface area contributed by atoms with E-state index >= 15 is 0 Å². The number of aliphatic carboxylic acids is 1. The van der Waals surface area contributed by atoms with Crippen LogP contribution in [-0.4, -0.2) is 46.0 Å². The molecule has 0 bridgehead atoms. The van der Waals surface area contributed by atoms with Crippen molar-refractivity contribution in [2.45, 2.75) is 57.4 Å². The summed E-state index contributed by atoms with van der Waals surface area (Å²) in [5.74, 6) is 1.78. The SMILES string of the molecule is O=C(O)CC1CSCCN1C(=O)CCC1CCCCC1. The van der Waals surface area contributed by atoms with Gasteiger partial charge in [-0.25, -0.2) is 0 Å². The Kier molecular flexibility index (Phi) is 6.20. The second-order valence-electron chi connectivity index (χ2n) is 5.96. The lowest BCUT2D eigenvalue weighted by molar-refractivity contribution is -0.140. The van der Waals surface area contributed by atoms with E-state index in [1.165, 1.54) is 32.1 Å². The molecule has 2 fully saturated rings. The van der Waals surface area contributed by atoms with E-state index in [-0.39, 0.29) is 18.4 Å². The molecular formula is C15H25NO3S. The van der Waals surface area contributed by atoms with Crippen LogP contribution in [0.3, 0.4) is 0 Å². The van der Waals surface area contributed by atoms with Crippen molar-refractivity contribution in [2.24, 2.45) is 5.92 Å². The Bertz CT molecular complexity index is 342. The molecule has 1 atom stereocenters. The average molecular weight is 299 g/mol. The van der Waals surface area contributed by atoms with Crippen LogP contribution in [0.5, 0.6) is 0 Å². The van der Waals surface area contributed by atoms with Crippen LogP contribution in [0.2, 0.25) is 0 Å². The molecule has 114 valence electrons. The molecule has 1 heterocycles. The van der Waals surface area contributed by atoms with Gasteiger partial charge in [-0.3, -0.25) is 9.59 Å². The zero-order chi connectivity index (χ0) is 14.4. The van der Waals surface area contributed by atoms with Crippen molar-refractivity contribution in [2.75, 3.05) is 18.1 Å². The Hall–Kier alpha value is -0.710. The standard InChI is InChI=1S/C15H25NO3S/c17-14(7-6-12-4-2-1-3-5-12)16-8-9-20-11-13(16)10-15(18)19/h12-13H,1-11H2,(H,18,19). The Morgan fingerprint density at radius 1 is 1.20 bits per heavy atom. The molecule has 1 N–H and O–H groups in total. The van der Waals surface area contributed by atoms with Crippen LogP contribution in [0.1, 0.15) is 51.4 Å². The van der Waals surface area contributed by atoms with Crippen LogP contribution in [0.15, 0.2) is 0 Å². The van der Waals surface area contributed by atoms with Gasteiger partial charge in [-0.05, 0) is 12.3 Å². The first-order chi connectivity index (χ1) is 9.66. The number of rotatable bonds is 5. The zero-order valence-corrected chi connectivity index (χ0v) is 12.9. The highest BCUT2D eigenvalue weighted by Gasteiger charge is 2.29. The van der Waals surface area contributed by atoms with Crippen LogP contribution in [0.25, 0.3) is 0 Å². The summed E-state index contributed by atoms with van der Waals surface area (Å²) in [7, 11) is 0. The average Bonchev–Trinajstić information content (AvgIpc) is 2.46. The number of nitrogens with zero attached hydrogens (tertiary/aromatic N) is 1. The van der Waals surface area contributed by atoms with Crippen molar-refractivity contribution in [3.8, 4) is 0 Å². The van der Waals surface area contributed by atoms with Crippen LogP contribution in [0.4, 0.5) is 0 Å². The van der Waals surface area contributed by atoms with Gasteiger partial charge in [-0.1, -0.05) is 32.1 Å². The molecule has 0 aromatic carbocycles. The minimum absolute atomic E-state index is 0.0855. The minimum Gasteiger partial charge on any atom is -0.481 e. The van der Waals surface area contributed by atoms with E-state index in [0.29, 0.717) is 18.9 Å². The summed E-state index contributed by atoms with van der Waals surface area (Å²) in [4.78, 5) is 25.1. The van der Waals surface area contributed by atoms with Gasteiger partial charge in [0.15, 0.2) is 0 Å². The van der Waals surface area contributed by atoms with E-state index in [9.17, 15) is 9.59 Å². The van der Waals surface area contributed by atoms with Crippen LogP contribution >= 0.6 is 11.8 Å². The maximum Gasteiger partial charge on any atom is 0.305 e. The first-order valence-corrected chi connectivity index (χ1v) is 8.91. The van der Waals surface area contributed by atoms with E-state index in [1.807, 2.05) is 4.90 Å². The molecule has 1 amide bonds. The molecule has 1 saturated carbocycles. The summed E-state index contributed by atoms with van der Waals surface area (Å²) in [6.45, 7) is 0.714. The smallest absolute Gasteiger partial charge is 0.305 e. The van der Waals surface area contributed by atoms with Gasteiger partial charge in [0.25, 0.3) is 0 Å². The number of hydrogen-bond acceptors (Lipinski definition) is 3. The van der Waals surface area contributed by atoms with E-state index in [4.69, 9.17) is 5.11 Å². The summed E-state index contributed by atoms with van der Waals surface area (Å²) < 4.78 is 0. The molecule has 20 heavy (non-hydrogen) atoms. The zero-order valence-electron chi connectivity index (χ0n) is 12.1. The van der Waals surface area contributed by atoms with E-state index in [0.717, 1.165) is 17.9 Å². The van der Waals surface area contributed by atoms with Gasteiger partial charge < -0.3 is 10.0 Å². The molecule has 2 aliphatic rings. The van der Waals surface area contributed by atoms with Crippen LogP contribution in [-0.2, 0) is 9.59 Å². The first kappa shape index (κ1) is 15.7. The van der Waals surface area contributed by atoms with Crippen LogP contribution < -0.4 is 0 Å². The van der Waals surface area contributed by atoms with Crippen molar-refractivity contribution in [3.63, 3.8) is 0 Å². The maximum atomic E-state index is 12.4. The molecule has 4 nitrogen and oxygen atoms in total. The quantitative estimate of drug-likeness (QED) is 0.848. The van der Waals surface area contributed by atoms with Gasteiger partial charge in [-0.2, -0.15) is 11.8 Å². The van der Waals surface area contributed by atoms with Gasteiger partial charge >= 0.3 is 5.97 Å². The number of hydrogen-bond donors (Lipinski definition) is 1. The van der Waals surface area contributed by atoms with E-state index in [2.05, 4.69) is 0 Å². The number of thioether (sulfide) groups is 1. The topological polar surface area (TPSA) is 57.6 Å². The molecule has 0 aromatic heterocycles. The van der Waals surface area contributed by atoms with Crippen molar-refractivity contribution >= 4 is 23.6 Å². The lowest BCUT2D eigenvalue weighted by atomic mass is 9.86. The number of amides is 1. The van der Waals surface area contributed by atoms with Gasteiger partial charge in [-0.15, -0.1) is 0 Å². The fourth-order valence-electron chi connectivity index (χ4n) is 3.30. The highest BCUT2D eigenvalue weighted by molar-refractivity contribution is 7.99. The predicted molar refractivity (Wildman–Crippen MR) is 80.9 cm³/mol. The highest BCUT2D eigenvalue weighted by atomic mass is 32.2. The van der Waals surface area contributed by atoms with Gasteiger partial charge in [0.05, 0.1) is 12.5 Å². The molecule has 2 rings (SSSR count). The predicted octanol–water partition coefficient (Wildman–Crippen LogP) is 2.77. The molecule has 1 aliphatic heterocycles. The number of carbonyl (C=O) groups excluding carboxylic acids is 1. The Morgan fingerprint density at radius 3 is 2.65 bits per heavy atom. The van der Waals surface area contributed by atoms with Crippen molar-refractivity contribution in [3.05, 3.63) is 0 Å². The largest absolute Gasteiger partial charge is 0.481 e. The molecule has 1 aliphatic carbocycles. The van der Waals surface area contributed by atoms with Crippen molar-refractivity contribution < 1.29 is 14.7 Å². The molecule has 1 unspecified atom stereocenters. The second-order valence-corrected chi connectivity index (χ2v) is 7.11. The molecule has 0 radical (unpaired) electrons. The highest BCUT2D eigenvalue weighted by Crippen LogP contribution is 2.28. The lowest BCUT2D eigenvalue weighted by Gasteiger charge is -2.35. The van der Waals surface area contributed by atoms with Crippen molar-refractivity contribution in [1.82, 2.24) is 4.90 Å². The molecule has 0 aromatic rings. The molecule has 0 spiro atoms. The molecule has 1 saturated heterocycles. The van der Waals surface area contributed by atoms with Gasteiger partial charge in [0, 0.05) is 24.5 Å². The fraction of sp³-hybridized carbons (Fsp3) is 0.867. The summed E-state index contributed by atoms with van der Waals surface area (Å²) in [5, 5.41) is 8.95. The Balaban J connectivity index is 1.80. The number of carboxylic acid groups (broad SMARTS) is 1. The Labute approximate surface area is 125 Å². The number of carboxylic acids is 1. The fourth-order valence-corrected chi connectivity index (χ4v) is 4.36. The summed E-state index contributed by atoms with van der Waals surface area (Å²) in [5.41, 5.74) is 0. The monoisotopic (exact) mass is 299 g/mol. The summed E-state index contributed by atoms with van der Waals surface area (Å²) in [6.07, 6.45) is 8.16. The lowest BCUT2D eigenvalue weighted by Crippen LogP contribution is -2.47. The number of carbonyl (C=O) groups is 2. The third-order valence-corrected chi connectivity index (χ3v) is 5.54. The van der Waals surface area contributed by atoms with E-state index in [1.54, 1.807) is 11.8 Å². The first-order valence-electron chi connectivity index (χ1n) is 7.76. The van der Waals surface area contributed by atoms with E-state index < -0.39 is 5.97 Å². The third kappa shape index (κ3) is 4.69. The summed E-state index contributed by atoms with van der Waals surface area (Å²) >= 11 is 1.76. The Morgan fingerprint density at radius 2 is 1.95 bits per heavy atom.